The lowest BCUT2D eigenvalue weighted by atomic mass is 10.2. The summed E-state index contributed by atoms with van der Waals surface area (Å²) in [6.45, 7) is 4.00. The van der Waals surface area contributed by atoms with Gasteiger partial charge in [-0.25, -0.2) is 4.98 Å². The molecule has 0 spiro atoms. The molecule has 0 bridgehead atoms. The monoisotopic (exact) mass is 297 g/mol. The van der Waals surface area contributed by atoms with Gasteiger partial charge in [0.1, 0.15) is 5.58 Å². The molecule has 1 atom stereocenters. The van der Waals surface area contributed by atoms with Crippen LogP contribution in [0.5, 0.6) is 0 Å². The molecular weight excluding hydrogens is 278 g/mol. The van der Waals surface area contributed by atoms with E-state index in [-0.39, 0.29) is 5.43 Å². The lowest BCUT2D eigenvalue weighted by Gasteiger charge is -2.00. The second-order valence-corrected chi connectivity index (χ2v) is 5.49. The van der Waals surface area contributed by atoms with Gasteiger partial charge >= 0.3 is 0 Å². The maximum Gasteiger partial charge on any atom is 0.230 e. The molecule has 1 aliphatic rings. The van der Waals surface area contributed by atoms with Crippen molar-refractivity contribution in [3.63, 3.8) is 0 Å². The van der Waals surface area contributed by atoms with Gasteiger partial charge in [-0.2, -0.15) is 0 Å². The van der Waals surface area contributed by atoms with E-state index in [0.717, 1.165) is 25.2 Å². The van der Waals surface area contributed by atoms with Crippen molar-refractivity contribution in [3.8, 4) is 0 Å². The summed E-state index contributed by atoms with van der Waals surface area (Å²) in [7, 11) is 0. The van der Waals surface area contributed by atoms with E-state index in [2.05, 4.69) is 10.3 Å². The summed E-state index contributed by atoms with van der Waals surface area (Å²) in [5.41, 5.74) is 7.28. The van der Waals surface area contributed by atoms with Crippen molar-refractivity contribution >= 4 is 22.1 Å². The second-order valence-electron chi connectivity index (χ2n) is 5.49. The molecule has 4 rings (SSSR count). The van der Waals surface area contributed by atoms with E-state index in [1.54, 1.807) is 18.2 Å². The van der Waals surface area contributed by atoms with E-state index in [4.69, 9.17) is 10.2 Å². The summed E-state index contributed by atoms with van der Waals surface area (Å²) >= 11 is 0. The number of hydrogen-bond donors (Lipinski definition) is 2. The van der Waals surface area contributed by atoms with Gasteiger partial charge in [0.2, 0.25) is 11.1 Å². The molecule has 1 saturated heterocycles. The van der Waals surface area contributed by atoms with Crippen molar-refractivity contribution in [1.29, 1.82) is 0 Å². The van der Waals surface area contributed by atoms with E-state index in [1.807, 2.05) is 25.1 Å². The van der Waals surface area contributed by atoms with Crippen LogP contribution in [0.1, 0.15) is 12.1 Å². The Bertz CT molecular complexity index is 851. The zero-order valence-electron chi connectivity index (χ0n) is 12.5. The van der Waals surface area contributed by atoms with Gasteiger partial charge in [-0.1, -0.05) is 12.1 Å². The highest BCUT2D eigenvalue weighted by atomic mass is 16.3. The Labute approximate surface area is 128 Å². The fraction of sp³-hybridized carbons (Fsp3) is 0.294. The first-order valence-electron chi connectivity index (χ1n) is 7.40. The summed E-state index contributed by atoms with van der Waals surface area (Å²) in [6, 6.07) is 11.2. The van der Waals surface area contributed by atoms with Crippen molar-refractivity contribution < 1.29 is 4.42 Å². The third kappa shape index (κ3) is 3.00. The number of fused-ring (bicyclic) bond motifs is 2. The van der Waals surface area contributed by atoms with Crippen LogP contribution >= 0.6 is 0 Å². The summed E-state index contributed by atoms with van der Waals surface area (Å²) < 4.78 is 5.60. The zero-order valence-corrected chi connectivity index (χ0v) is 12.5. The summed E-state index contributed by atoms with van der Waals surface area (Å²) in [5, 5.41) is 4.28. The minimum absolute atomic E-state index is 0.0237. The Balaban J connectivity index is 0.000000202. The van der Waals surface area contributed by atoms with Crippen molar-refractivity contribution in [2.75, 3.05) is 13.1 Å². The highest BCUT2D eigenvalue weighted by Gasteiger charge is 2.07. The lowest BCUT2D eigenvalue weighted by Crippen LogP contribution is -2.21. The van der Waals surface area contributed by atoms with Crippen LogP contribution in [0.3, 0.4) is 0 Å². The van der Waals surface area contributed by atoms with Crippen LogP contribution < -0.4 is 16.5 Å². The molecule has 2 aromatic heterocycles. The molecule has 0 radical (unpaired) electrons. The first-order valence-corrected chi connectivity index (χ1v) is 7.40. The van der Waals surface area contributed by atoms with Crippen LogP contribution in [0.2, 0.25) is 0 Å². The summed E-state index contributed by atoms with van der Waals surface area (Å²) in [5.74, 6) is 0. The van der Waals surface area contributed by atoms with Gasteiger partial charge in [0.15, 0.2) is 0 Å². The number of pyridine rings is 1. The Morgan fingerprint density at radius 1 is 1.23 bits per heavy atom. The third-order valence-electron chi connectivity index (χ3n) is 3.68. The Morgan fingerprint density at radius 2 is 2.05 bits per heavy atom. The smallest absolute Gasteiger partial charge is 0.230 e. The third-order valence-corrected chi connectivity index (χ3v) is 3.68. The van der Waals surface area contributed by atoms with Gasteiger partial charge in [0.05, 0.1) is 10.8 Å². The molecule has 1 fully saturated rings. The van der Waals surface area contributed by atoms with Crippen LogP contribution in [0.25, 0.3) is 22.1 Å². The molecule has 5 nitrogen and oxygen atoms in total. The summed E-state index contributed by atoms with van der Waals surface area (Å²) in [6.07, 6.45) is 1.15. The van der Waals surface area contributed by atoms with Crippen molar-refractivity contribution in [3.05, 3.63) is 52.3 Å². The van der Waals surface area contributed by atoms with Gasteiger partial charge in [-0.05, 0) is 44.2 Å². The molecule has 22 heavy (non-hydrogen) atoms. The van der Waals surface area contributed by atoms with Gasteiger partial charge < -0.3 is 15.5 Å². The normalized spacial score (nSPS) is 17.5. The SMILES string of the molecule is Cc1ccc2c(=O)c3ccccc3oc2n1.NC1CCNC1. The molecular formula is C17H19N3O2. The highest BCUT2D eigenvalue weighted by molar-refractivity contribution is 5.87. The van der Waals surface area contributed by atoms with Crippen LogP contribution in [0.15, 0.2) is 45.6 Å². The van der Waals surface area contributed by atoms with E-state index in [9.17, 15) is 4.79 Å². The van der Waals surface area contributed by atoms with Crippen LogP contribution in [-0.2, 0) is 0 Å². The molecule has 1 unspecified atom stereocenters. The number of para-hydroxylation sites is 1. The predicted molar refractivity (Wildman–Crippen MR) is 88.0 cm³/mol. The van der Waals surface area contributed by atoms with E-state index >= 15 is 0 Å². The number of aromatic nitrogens is 1. The number of nitrogens with two attached hydrogens (primary N) is 1. The molecule has 0 amide bonds. The van der Waals surface area contributed by atoms with Gasteiger partial charge in [-0.3, -0.25) is 4.79 Å². The fourth-order valence-corrected chi connectivity index (χ4v) is 2.45. The van der Waals surface area contributed by atoms with Crippen molar-refractivity contribution in [2.24, 2.45) is 5.73 Å². The van der Waals surface area contributed by atoms with E-state index in [0.29, 0.717) is 28.1 Å². The Kier molecular flexibility index (Phi) is 4.18. The highest BCUT2D eigenvalue weighted by Crippen LogP contribution is 2.16. The quantitative estimate of drug-likeness (QED) is 0.620. The first-order chi connectivity index (χ1) is 10.6. The van der Waals surface area contributed by atoms with Crippen LogP contribution in [-0.4, -0.2) is 24.1 Å². The average Bonchev–Trinajstić information content (AvgIpc) is 2.99. The molecule has 114 valence electrons. The minimum atomic E-state index is -0.0237. The average molecular weight is 297 g/mol. The number of nitrogens with one attached hydrogen (secondary N) is 1. The van der Waals surface area contributed by atoms with E-state index in [1.165, 1.54) is 0 Å². The van der Waals surface area contributed by atoms with Crippen molar-refractivity contribution in [1.82, 2.24) is 10.3 Å². The summed E-state index contributed by atoms with van der Waals surface area (Å²) in [4.78, 5) is 16.3. The second kappa shape index (κ2) is 6.25. The van der Waals surface area contributed by atoms with Gasteiger partial charge in [0.25, 0.3) is 0 Å². The fourth-order valence-electron chi connectivity index (χ4n) is 2.45. The minimum Gasteiger partial charge on any atom is -0.437 e. The van der Waals surface area contributed by atoms with Crippen LogP contribution in [0, 0.1) is 6.92 Å². The molecule has 1 aromatic carbocycles. The molecule has 3 N–H and O–H groups in total. The molecule has 5 heteroatoms. The maximum absolute atomic E-state index is 12.1. The number of nitrogens with zero attached hydrogens (tertiary/aromatic N) is 1. The van der Waals surface area contributed by atoms with E-state index < -0.39 is 0 Å². The molecule has 0 saturated carbocycles. The zero-order chi connectivity index (χ0) is 15.5. The predicted octanol–water partition coefficient (Wildman–Crippen LogP) is 1.96. The molecule has 0 aliphatic carbocycles. The number of benzene rings is 1. The van der Waals surface area contributed by atoms with Gasteiger partial charge in [-0.15, -0.1) is 0 Å². The lowest BCUT2D eigenvalue weighted by molar-refractivity contribution is 0.643. The number of aryl methyl sites for hydroxylation is 1. The molecule has 1 aliphatic heterocycles. The topological polar surface area (TPSA) is 81.2 Å². The molecule has 3 aromatic rings. The maximum atomic E-state index is 12.1. The van der Waals surface area contributed by atoms with Gasteiger partial charge in [0, 0.05) is 18.3 Å². The molecule has 3 heterocycles. The number of hydrogen-bond acceptors (Lipinski definition) is 5. The van der Waals surface area contributed by atoms with Crippen LogP contribution in [0.4, 0.5) is 0 Å². The Hall–Kier alpha value is -2.24. The Morgan fingerprint density at radius 3 is 2.73 bits per heavy atom. The van der Waals surface area contributed by atoms with Crippen molar-refractivity contribution in [2.45, 2.75) is 19.4 Å². The number of rotatable bonds is 0. The first kappa shape index (κ1) is 14.7. The largest absolute Gasteiger partial charge is 0.437 e. The standard InChI is InChI=1S/C13H9NO2.C4H10N2/c1-8-6-7-10-12(15)9-4-2-3-5-11(9)16-13(10)14-8;5-4-1-2-6-3-4/h2-7H,1H3;4,6H,1-3,5H2.